The summed E-state index contributed by atoms with van der Waals surface area (Å²) < 4.78 is 0. The van der Waals surface area contributed by atoms with Crippen LogP contribution in [0, 0.1) is 6.92 Å². The SMILES string of the molecule is Cc1nc2ccccc2[n-]1.[Y]. The minimum absolute atomic E-state index is 0. The number of para-hydroxylation sites is 2. The Morgan fingerprint density at radius 2 is 2.00 bits per heavy atom. The molecule has 2 aromatic rings. The molecule has 1 aromatic heterocycles. The van der Waals surface area contributed by atoms with Gasteiger partial charge in [0, 0.05) is 32.7 Å². The average Bonchev–Trinajstić information content (AvgIpc) is 2.27. The smallest absolute Gasteiger partial charge is 0 e. The van der Waals surface area contributed by atoms with Crippen LogP contribution in [0.5, 0.6) is 0 Å². The number of imidazole rings is 1. The number of rotatable bonds is 0. The van der Waals surface area contributed by atoms with E-state index in [4.69, 9.17) is 0 Å². The molecule has 1 heterocycles. The second-order valence-electron chi connectivity index (χ2n) is 2.26. The van der Waals surface area contributed by atoms with E-state index in [-0.39, 0.29) is 32.7 Å². The molecular formula is C8H7N2Y-. The topological polar surface area (TPSA) is 27.0 Å². The Bertz CT molecular complexity index is 321. The number of hydrogen-bond donors (Lipinski definition) is 0. The minimum Gasteiger partial charge on any atom is -0.440 e. The molecule has 0 aliphatic rings. The summed E-state index contributed by atoms with van der Waals surface area (Å²) in [5.74, 6) is 0.848. The van der Waals surface area contributed by atoms with E-state index in [1.807, 2.05) is 31.2 Å². The number of fused-ring (bicyclic) bond motifs is 1. The van der Waals surface area contributed by atoms with Crippen molar-refractivity contribution in [2.75, 3.05) is 0 Å². The third-order valence-corrected chi connectivity index (χ3v) is 1.45. The predicted molar refractivity (Wildman–Crippen MR) is 39.8 cm³/mol. The fraction of sp³-hybridized carbons (Fsp3) is 0.125. The van der Waals surface area contributed by atoms with E-state index in [1.165, 1.54) is 0 Å². The molecular weight excluding hydrogens is 213 g/mol. The first-order valence-corrected chi connectivity index (χ1v) is 3.22. The molecule has 0 saturated heterocycles. The zero-order chi connectivity index (χ0) is 6.97. The Hall–Kier alpha value is -0.206. The molecule has 0 unspecified atom stereocenters. The molecule has 2 nitrogen and oxygen atoms in total. The molecule has 1 aromatic carbocycles. The maximum atomic E-state index is 4.20. The summed E-state index contributed by atoms with van der Waals surface area (Å²) in [5.41, 5.74) is 1.97. The van der Waals surface area contributed by atoms with Crippen LogP contribution >= 0.6 is 0 Å². The van der Waals surface area contributed by atoms with Crippen molar-refractivity contribution >= 4 is 11.0 Å². The number of hydrogen-bond acceptors (Lipinski definition) is 1. The van der Waals surface area contributed by atoms with Gasteiger partial charge < -0.3 is 9.97 Å². The van der Waals surface area contributed by atoms with E-state index < -0.39 is 0 Å². The summed E-state index contributed by atoms with van der Waals surface area (Å²) in [6, 6.07) is 7.87. The molecule has 0 saturated carbocycles. The van der Waals surface area contributed by atoms with Crippen LogP contribution in [0.1, 0.15) is 5.82 Å². The molecule has 0 N–H and O–H groups in total. The van der Waals surface area contributed by atoms with Crippen molar-refractivity contribution in [2.45, 2.75) is 6.92 Å². The van der Waals surface area contributed by atoms with Gasteiger partial charge in [-0.2, -0.15) is 0 Å². The van der Waals surface area contributed by atoms with Gasteiger partial charge in [0.05, 0.1) is 0 Å². The molecule has 3 heteroatoms. The van der Waals surface area contributed by atoms with E-state index >= 15 is 0 Å². The van der Waals surface area contributed by atoms with Gasteiger partial charge in [-0.1, -0.05) is 30.1 Å². The molecule has 0 aliphatic carbocycles. The predicted octanol–water partition coefficient (Wildman–Crippen LogP) is 1.50. The zero-order valence-corrected chi connectivity index (χ0v) is 9.12. The first kappa shape index (κ1) is 8.89. The van der Waals surface area contributed by atoms with Gasteiger partial charge in [0.25, 0.3) is 0 Å². The zero-order valence-electron chi connectivity index (χ0n) is 6.28. The Labute approximate surface area is 90.3 Å². The van der Waals surface area contributed by atoms with Gasteiger partial charge in [0.15, 0.2) is 0 Å². The molecule has 11 heavy (non-hydrogen) atoms. The number of nitrogens with zero attached hydrogens (tertiary/aromatic N) is 2. The van der Waals surface area contributed by atoms with Crippen LogP contribution in [0.15, 0.2) is 24.3 Å². The Morgan fingerprint density at radius 1 is 1.27 bits per heavy atom. The van der Waals surface area contributed by atoms with Crippen LogP contribution < -0.4 is 4.98 Å². The average molecular weight is 220 g/mol. The molecule has 0 fully saturated rings. The van der Waals surface area contributed by atoms with Crippen molar-refractivity contribution in [3.63, 3.8) is 0 Å². The quantitative estimate of drug-likeness (QED) is 0.672. The van der Waals surface area contributed by atoms with E-state index in [2.05, 4.69) is 9.97 Å². The van der Waals surface area contributed by atoms with Gasteiger partial charge >= 0.3 is 0 Å². The summed E-state index contributed by atoms with van der Waals surface area (Å²) in [4.78, 5) is 8.40. The molecule has 0 aliphatic heterocycles. The molecule has 53 valence electrons. The van der Waals surface area contributed by atoms with Crippen molar-refractivity contribution < 1.29 is 32.7 Å². The van der Waals surface area contributed by atoms with Crippen molar-refractivity contribution in [2.24, 2.45) is 0 Å². The Balaban J connectivity index is 0.000000605. The summed E-state index contributed by atoms with van der Waals surface area (Å²) in [7, 11) is 0. The van der Waals surface area contributed by atoms with Gasteiger partial charge in [-0.3, -0.25) is 0 Å². The third-order valence-electron chi connectivity index (χ3n) is 1.45. The largest absolute Gasteiger partial charge is 0.440 e. The summed E-state index contributed by atoms with van der Waals surface area (Å²) in [6.45, 7) is 1.90. The second kappa shape index (κ2) is 3.46. The Morgan fingerprint density at radius 3 is 2.73 bits per heavy atom. The summed E-state index contributed by atoms with van der Waals surface area (Å²) >= 11 is 0. The fourth-order valence-electron chi connectivity index (χ4n) is 1.03. The minimum atomic E-state index is 0. The van der Waals surface area contributed by atoms with Crippen molar-refractivity contribution in [1.82, 2.24) is 9.97 Å². The summed E-state index contributed by atoms with van der Waals surface area (Å²) in [6.07, 6.45) is 0. The standard InChI is InChI=1S/C8H7N2.Y/c1-6-9-7-4-2-3-5-8(7)10-6;/h2-5H,1H3;/q-1;. The van der Waals surface area contributed by atoms with Gasteiger partial charge in [-0.05, 0) is 18.0 Å². The van der Waals surface area contributed by atoms with Gasteiger partial charge in [0.1, 0.15) is 0 Å². The second-order valence-corrected chi connectivity index (χ2v) is 2.26. The number of aromatic nitrogens is 2. The molecule has 0 bridgehead atoms. The van der Waals surface area contributed by atoms with Crippen LogP contribution in [0.2, 0.25) is 0 Å². The first-order valence-electron chi connectivity index (χ1n) is 3.22. The maximum absolute atomic E-state index is 4.20. The van der Waals surface area contributed by atoms with Crippen molar-refractivity contribution in [1.29, 1.82) is 0 Å². The maximum Gasteiger partial charge on any atom is 0 e. The fourth-order valence-corrected chi connectivity index (χ4v) is 1.03. The normalized spacial score (nSPS) is 9.55. The molecule has 2 rings (SSSR count). The van der Waals surface area contributed by atoms with E-state index in [0.29, 0.717) is 0 Å². The number of aryl methyl sites for hydroxylation is 1. The van der Waals surface area contributed by atoms with Crippen LogP contribution in [-0.4, -0.2) is 4.98 Å². The molecule has 0 spiro atoms. The van der Waals surface area contributed by atoms with Crippen LogP contribution in [0.4, 0.5) is 0 Å². The van der Waals surface area contributed by atoms with Crippen LogP contribution in [0.3, 0.4) is 0 Å². The Kier molecular flexibility index (Phi) is 2.80. The number of benzene rings is 1. The van der Waals surface area contributed by atoms with Crippen molar-refractivity contribution in [3.8, 4) is 0 Å². The van der Waals surface area contributed by atoms with Crippen LogP contribution in [0.25, 0.3) is 11.0 Å². The van der Waals surface area contributed by atoms with E-state index in [0.717, 1.165) is 16.9 Å². The van der Waals surface area contributed by atoms with Gasteiger partial charge in [0.2, 0.25) is 0 Å². The first-order chi connectivity index (χ1) is 4.86. The molecule has 0 atom stereocenters. The van der Waals surface area contributed by atoms with Gasteiger partial charge in [-0.15, -0.1) is 0 Å². The molecule has 0 amide bonds. The van der Waals surface area contributed by atoms with E-state index in [1.54, 1.807) is 0 Å². The summed E-state index contributed by atoms with van der Waals surface area (Å²) in [5, 5.41) is 0. The van der Waals surface area contributed by atoms with Crippen molar-refractivity contribution in [3.05, 3.63) is 30.1 Å². The monoisotopic (exact) mass is 220 g/mol. The van der Waals surface area contributed by atoms with Crippen LogP contribution in [-0.2, 0) is 32.7 Å². The van der Waals surface area contributed by atoms with E-state index in [9.17, 15) is 0 Å². The van der Waals surface area contributed by atoms with Gasteiger partial charge in [-0.25, -0.2) is 0 Å². The third kappa shape index (κ3) is 1.68. The molecule has 1 radical (unpaired) electrons.